The molecule has 0 aliphatic heterocycles. The van der Waals surface area contributed by atoms with E-state index in [2.05, 4.69) is 11.6 Å². The van der Waals surface area contributed by atoms with Crippen LogP contribution in [0.4, 0.5) is 4.39 Å². The Bertz CT molecular complexity index is 894. The average molecular weight is 349 g/mol. The molecule has 1 saturated carbocycles. The molecule has 1 aliphatic rings. The number of pyridine rings is 1. The van der Waals surface area contributed by atoms with E-state index in [1.165, 1.54) is 6.07 Å². The number of rotatable bonds is 4. The fourth-order valence-electron chi connectivity index (χ4n) is 3.33. The topological polar surface area (TPSA) is 51.3 Å². The Morgan fingerprint density at radius 2 is 1.96 bits per heavy atom. The van der Waals surface area contributed by atoms with Gasteiger partial charge in [-0.05, 0) is 54.8 Å². The molecule has 1 heterocycles. The zero-order chi connectivity index (χ0) is 18.7. The minimum Gasteiger partial charge on any atom is -0.404 e. The van der Waals surface area contributed by atoms with Gasteiger partial charge in [-0.3, -0.25) is 9.98 Å². The largest absolute Gasteiger partial charge is 0.404 e. The number of nitrogens with zero attached hydrogens (tertiary/aromatic N) is 2. The lowest BCUT2D eigenvalue weighted by atomic mass is 9.80. The van der Waals surface area contributed by atoms with Crippen molar-refractivity contribution in [3.05, 3.63) is 83.6 Å². The summed E-state index contributed by atoms with van der Waals surface area (Å²) in [6.45, 7) is 8.02. The summed E-state index contributed by atoms with van der Waals surface area (Å²) in [7, 11) is 0. The van der Waals surface area contributed by atoms with Gasteiger partial charge in [-0.2, -0.15) is 0 Å². The van der Waals surface area contributed by atoms with Crippen molar-refractivity contribution in [2.45, 2.75) is 38.5 Å². The molecular formula is C22H24FN3. The molecule has 134 valence electrons. The van der Waals surface area contributed by atoms with E-state index >= 15 is 0 Å². The quantitative estimate of drug-likeness (QED) is 0.846. The first kappa shape index (κ1) is 18.1. The van der Waals surface area contributed by atoms with Crippen LogP contribution in [0.25, 0.3) is 5.70 Å². The Labute approximate surface area is 154 Å². The monoisotopic (exact) mass is 349 g/mol. The van der Waals surface area contributed by atoms with E-state index in [9.17, 15) is 4.39 Å². The number of hydrogen-bond acceptors (Lipinski definition) is 3. The lowest BCUT2D eigenvalue weighted by Gasteiger charge is -2.25. The Hall–Kier alpha value is -2.75. The van der Waals surface area contributed by atoms with E-state index in [-0.39, 0.29) is 5.82 Å². The normalized spacial score (nSPS) is 17.8. The van der Waals surface area contributed by atoms with Gasteiger partial charge in [-0.1, -0.05) is 44.7 Å². The summed E-state index contributed by atoms with van der Waals surface area (Å²) in [5.41, 5.74) is 9.87. The number of allylic oxidation sites excluding steroid dienone is 1. The lowest BCUT2D eigenvalue weighted by Crippen LogP contribution is -2.22. The van der Waals surface area contributed by atoms with E-state index in [0.29, 0.717) is 17.0 Å². The van der Waals surface area contributed by atoms with Gasteiger partial charge in [0.2, 0.25) is 0 Å². The van der Waals surface area contributed by atoms with Crippen molar-refractivity contribution >= 4 is 11.4 Å². The van der Waals surface area contributed by atoms with Crippen LogP contribution in [0.3, 0.4) is 0 Å². The highest BCUT2D eigenvalue weighted by Crippen LogP contribution is 2.32. The third-order valence-electron chi connectivity index (χ3n) is 4.93. The Morgan fingerprint density at radius 1 is 1.19 bits per heavy atom. The summed E-state index contributed by atoms with van der Waals surface area (Å²) in [5.74, 6) is -0.229. The van der Waals surface area contributed by atoms with E-state index in [0.717, 1.165) is 36.2 Å². The highest BCUT2D eigenvalue weighted by atomic mass is 19.1. The predicted octanol–water partition coefficient (Wildman–Crippen LogP) is 4.98. The number of nitrogens with two attached hydrogens (primary N) is 1. The van der Waals surface area contributed by atoms with Gasteiger partial charge in [0.1, 0.15) is 5.82 Å². The number of hydrogen-bond donors (Lipinski definition) is 1. The van der Waals surface area contributed by atoms with E-state index in [4.69, 9.17) is 10.7 Å². The molecule has 1 aromatic carbocycles. The van der Waals surface area contributed by atoms with Gasteiger partial charge in [0.25, 0.3) is 0 Å². The SMILES string of the molecule is C=C(/N=C1/CCC/C1=C/N)c1cccc(C(C)(C)c2ccccc2F)n1. The van der Waals surface area contributed by atoms with Crippen molar-refractivity contribution in [3.8, 4) is 0 Å². The van der Waals surface area contributed by atoms with Gasteiger partial charge < -0.3 is 5.73 Å². The maximum Gasteiger partial charge on any atom is 0.127 e. The van der Waals surface area contributed by atoms with Gasteiger partial charge in [-0.25, -0.2) is 4.39 Å². The third kappa shape index (κ3) is 3.45. The van der Waals surface area contributed by atoms with E-state index in [1.807, 2.05) is 38.1 Å². The summed E-state index contributed by atoms with van der Waals surface area (Å²) >= 11 is 0. The van der Waals surface area contributed by atoms with Crippen LogP contribution < -0.4 is 5.73 Å². The summed E-state index contributed by atoms with van der Waals surface area (Å²) < 4.78 is 14.3. The molecule has 3 rings (SSSR count). The maximum atomic E-state index is 14.3. The van der Waals surface area contributed by atoms with Crippen molar-refractivity contribution in [1.82, 2.24) is 4.98 Å². The van der Waals surface area contributed by atoms with Crippen molar-refractivity contribution in [3.63, 3.8) is 0 Å². The van der Waals surface area contributed by atoms with Crippen molar-refractivity contribution in [1.29, 1.82) is 0 Å². The second-order valence-corrected chi connectivity index (χ2v) is 7.06. The van der Waals surface area contributed by atoms with E-state index < -0.39 is 5.41 Å². The molecule has 1 fully saturated rings. The average Bonchev–Trinajstić information content (AvgIpc) is 3.09. The highest BCUT2D eigenvalue weighted by Gasteiger charge is 2.28. The van der Waals surface area contributed by atoms with Crippen LogP contribution in [0.15, 0.2) is 65.8 Å². The molecule has 0 radical (unpaired) electrons. The molecule has 0 atom stereocenters. The van der Waals surface area contributed by atoms with Crippen LogP contribution in [0.5, 0.6) is 0 Å². The van der Waals surface area contributed by atoms with Crippen LogP contribution in [0, 0.1) is 5.82 Å². The van der Waals surface area contributed by atoms with Gasteiger partial charge in [0.05, 0.1) is 17.1 Å². The Balaban J connectivity index is 1.95. The van der Waals surface area contributed by atoms with Gasteiger partial charge in [0, 0.05) is 11.1 Å². The smallest absolute Gasteiger partial charge is 0.127 e. The van der Waals surface area contributed by atoms with Crippen LogP contribution in [-0.4, -0.2) is 10.7 Å². The molecule has 4 heteroatoms. The van der Waals surface area contributed by atoms with Crippen LogP contribution in [0.2, 0.25) is 0 Å². The first-order chi connectivity index (χ1) is 12.4. The minimum atomic E-state index is -0.565. The number of benzene rings is 1. The predicted molar refractivity (Wildman–Crippen MR) is 105 cm³/mol. The number of halogens is 1. The zero-order valence-electron chi connectivity index (χ0n) is 15.3. The molecule has 2 aromatic rings. The molecule has 0 amide bonds. The fraction of sp³-hybridized carbons (Fsp3) is 0.273. The molecule has 0 unspecified atom stereocenters. The maximum absolute atomic E-state index is 14.3. The first-order valence-electron chi connectivity index (χ1n) is 8.84. The molecule has 0 spiro atoms. The summed E-state index contributed by atoms with van der Waals surface area (Å²) in [4.78, 5) is 9.38. The second kappa shape index (κ2) is 7.24. The lowest BCUT2D eigenvalue weighted by molar-refractivity contribution is 0.538. The highest BCUT2D eigenvalue weighted by molar-refractivity contribution is 6.04. The van der Waals surface area contributed by atoms with Crippen molar-refractivity contribution in [2.24, 2.45) is 10.7 Å². The molecule has 1 aromatic heterocycles. The van der Waals surface area contributed by atoms with Crippen LogP contribution in [-0.2, 0) is 5.41 Å². The summed E-state index contributed by atoms with van der Waals surface area (Å²) in [6.07, 6.45) is 4.55. The van der Waals surface area contributed by atoms with Gasteiger partial charge in [0.15, 0.2) is 0 Å². The zero-order valence-corrected chi connectivity index (χ0v) is 15.3. The first-order valence-corrected chi connectivity index (χ1v) is 8.84. The fourth-order valence-corrected chi connectivity index (χ4v) is 3.33. The molecule has 0 saturated heterocycles. The standard InChI is InChI=1S/C22H24FN3/c1-15(25-20-12-6-8-16(20)14-24)19-11-7-13-21(26-19)22(2,3)17-9-4-5-10-18(17)23/h4-5,7,9-11,13-14H,1,6,8,12,24H2,2-3H3/b16-14-,25-20-. The van der Waals surface area contributed by atoms with Crippen molar-refractivity contribution < 1.29 is 4.39 Å². The van der Waals surface area contributed by atoms with Gasteiger partial charge in [-0.15, -0.1) is 0 Å². The Kier molecular flexibility index (Phi) is 5.03. The summed E-state index contributed by atoms with van der Waals surface area (Å²) in [6, 6.07) is 12.5. The van der Waals surface area contributed by atoms with Crippen LogP contribution >= 0.6 is 0 Å². The molecular weight excluding hydrogens is 325 g/mol. The second-order valence-electron chi connectivity index (χ2n) is 7.06. The molecule has 26 heavy (non-hydrogen) atoms. The minimum absolute atomic E-state index is 0.229. The number of aromatic nitrogens is 1. The third-order valence-corrected chi connectivity index (χ3v) is 4.93. The molecule has 2 N–H and O–H groups in total. The number of aliphatic imine (C=N–C) groups is 1. The molecule has 0 bridgehead atoms. The molecule has 3 nitrogen and oxygen atoms in total. The van der Waals surface area contributed by atoms with E-state index in [1.54, 1.807) is 18.3 Å². The van der Waals surface area contributed by atoms with Crippen molar-refractivity contribution in [2.75, 3.05) is 0 Å². The van der Waals surface area contributed by atoms with Crippen LogP contribution in [0.1, 0.15) is 50.1 Å². The van der Waals surface area contributed by atoms with Gasteiger partial charge >= 0.3 is 0 Å². The Morgan fingerprint density at radius 3 is 2.69 bits per heavy atom. The summed E-state index contributed by atoms with van der Waals surface area (Å²) in [5, 5.41) is 0. The molecule has 1 aliphatic carbocycles.